The van der Waals surface area contributed by atoms with Gasteiger partial charge in [-0.25, -0.2) is 22.4 Å². The predicted molar refractivity (Wildman–Crippen MR) is 132 cm³/mol. The van der Waals surface area contributed by atoms with Crippen molar-refractivity contribution in [2.45, 2.75) is 43.5 Å². The van der Waals surface area contributed by atoms with Gasteiger partial charge in [0, 0.05) is 23.2 Å². The minimum absolute atomic E-state index is 0.222. The van der Waals surface area contributed by atoms with Gasteiger partial charge in [-0.2, -0.15) is 0 Å². The van der Waals surface area contributed by atoms with E-state index in [1.54, 1.807) is 48.8 Å². The summed E-state index contributed by atoms with van der Waals surface area (Å²) in [6, 6.07) is 16.1. The number of nitrogens with one attached hydrogen (secondary N) is 1. The Balaban J connectivity index is 1.60. The first-order valence-corrected chi connectivity index (χ1v) is 13.0. The van der Waals surface area contributed by atoms with Crippen molar-refractivity contribution >= 4 is 38.5 Å². The maximum Gasteiger partial charge on any atom is 0.268 e. The highest BCUT2D eigenvalue weighted by molar-refractivity contribution is 7.90. The highest BCUT2D eigenvalue weighted by Crippen LogP contribution is 2.36. The van der Waals surface area contributed by atoms with Crippen LogP contribution in [0.25, 0.3) is 22.2 Å². The molecule has 2 aromatic carbocycles. The van der Waals surface area contributed by atoms with Crippen LogP contribution in [-0.2, 0) is 10.0 Å². The summed E-state index contributed by atoms with van der Waals surface area (Å²) in [6.07, 6.45) is 7.78. The van der Waals surface area contributed by atoms with Gasteiger partial charge in [0.15, 0.2) is 0 Å². The second-order valence-electron chi connectivity index (χ2n) is 8.68. The fraction of sp³-hybridized carbons (Fsp3) is 0.280. The summed E-state index contributed by atoms with van der Waals surface area (Å²) in [4.78, 5) is 9.33. The van der Waals surface area contributed by atoms with Crippen molar-refractivity contribution in [3.05, 3.63) is 72.0 Å². The molecule has 2 atom stereocenters. The van der Waals surface area contributed by atoms with Gasteiger partial charge >= 0.3 is 0 Å². The van der Waals surface area contributed by atoms with Crippen LogP contribution in [0, 0.1) is 5.92 Å². The fourth-order valence-corrected chi connectivity index (χ4v) is 6.20. The minimum Gasteiger partial charge on any atom is -0.351 e. The highest BCUT2D eigenvalue weighted by Gasteiger charge is 2.24. The van der Waals surface area contributed by atoms with Gasteiger partial charge in [0.2, 0.25) is 5.95 Å². The lowest BCUT2D eigenvalue weighted by molar-refractivity contribution is 0.357. The number of hydrogen-bond acceptors (Lipinski definition) is 5. The van der Waals surface area contributed by atoms with E-state index in [-0.39, 0.29) is 4.90 Å². The average Bonchev–Trinajstić information content (AvgIpc) is 3.21. The molecule has 6 nitrogen and oxygen atoms in total. The van der Waals surface area contributed by atoms with E-state index in [2.05, 4.69) is 17.2 Å². The van der Waals surface area contributed by atoms with E-state index in [9.17, 15) is 8.42 Å². The SMILES string of the molecule is C[C@@H]1CCC[C@@H](Nc2ncc(Cl)c(-c3cn(S(=O)(=O)c4ccccc4)c4ccccc34)n2)C1. The van der Waals surface area contributed by atoms with E-state index in [0.717, 1.165) is 18.2 Å². The Morgan fingerprint density at radius 3 is 2.61 bits per heavy atom. The molecule has 0 bridgehead atoms. The maximum atomic E-state index is 13.4. The molecule has 0 amide bonds. The van der Waals surface area contributed by atoms with Crippen molar-refractivity contribution in [3.8, 4) is 11.3 Å². The molecule has 4 aromatic rings. The third-order valence-electron chi connectivity index (χ3n) is 6.25. The molecule has 1 N–H and O–H groups in total. The zero-order chi connectivity index (χ0) is 23.0. The van der Waals surface area contributed by atoms with Crippen molar-refractivity contribution in [1.82, 2.24) is 13.9 Å². The van der Waals surface area contributed by atoms with Gasteiger partial charge < -0.3 is 5.32 Å². The largest absolute Gasteiger partial charge is 0.351 e. The van der Waals surface area contributed by atoms with Gasteiger partial charge in [0.25, 0.3) is 10.0 Å². The monoisotopic (exact) mass is 480 g/mol. The van der Waals surface area contributed by atoms with E-state index in [1.165, 1.54) is 16.8 Å². The number of anilines is 1. The van der Waals surface area contributed by atoms with Gasteiger partial charge in [0.05, 0.1) is 27.3 Å². The molecule has 2 heterocycles. The average molecular weight is 481 g/mol. The van der Waals surface area contributed by atoms with Gasteiger partial charge in [-0.1, -0.05) is 67.8 Å². The Morgan fingerprint density at radius 2 is 1.82 bits per heavy atom. The Labute approximate surface area is 198 Å². The number of fused-ring (bicyclic) bond motifs is 1. The smallest absolute Gasteiger partial charge is 0.268 e. The first kappa shape index (κ1) is 21.9. The molecule has 8 heteroatoms. The van der Waals surface area contributed by atoms with Gasteiger partial charge in [0.1, 0.15) is 0 Å². The zero-order valence-electron chi connectivity index (χ0n) is 18.3. The van der Waals surface area contributed by atoms with Crippen LogP contribution in [0.5, 0.6) is 0 Å². The first-order valence-electron chi connectivity index (χ1n) is 11.1. The van der Waals surface area contributed by atoms with E-state index in [4.69, 9.17) is 16.6 Å². The van der Waals surface area contributed by atoms with Crippen molar-refractivity contribution in [1.29, 1.82) is 0 Å². The molecular formula is C25H25ClN4O2S. The van der Waals surface area contributed by atoms with Crippen LogP contribution in [0.4, 0.5) is 5.95 Å². The van der Waals surface area contributed by atoms with E-state index < -0.39 is 10.0 Å². The molecule has 0 aliphatic heterocycles. The second-order valence-corrected chi connectivity index (χ2v) is 10.9. The summed E-state index contributed by atoms with van der Waals surface area (Å²) in [5.41, 5.74) is 1.73. The molecule has 0 spiro atoms. The molecule has 0 unspecified atom stereocenters. The summed E-state index contributed by atoms with van der Waals surface area (Å²) < 4.78 is 28.2. The van der Waals surface area contributed by atoms with Crippen molar-refractivity contribution in [2.24, 2.45) is 5.92 Å². The van der Waals surface area contributed by atoms with Crippen LogP contribution in [0.1, 0.15) is 32.6 Å². The zero-order valence-corrected chi connectivity index (χ0v) is 19.9. The lowest BCUT2D eigenvalue weighted by Gasteiger charge is -2.27. The lowest BCUT2D eigenvalue weighted by Crippen LogP contribution is -2.27. The Bertz CT molecular complexity index is 1400. The molecular weight excluding hydrogens is 456 g/mol. The minimum atomic E-state index is -3.79. The van der Waals surface area contributed by atoms with Crippen molar-refractivity contribution < 1.29 is 8.42 Å². The maximum absolute atomic E-state index is 13.4. The Hall–Kier alpha value is -2.90. The number of aromatic nitrogens is 3. The highest BCUT2D eigenvalue weighted by atomic mass is 35.5. The molecule has 5 rings (SSSR count). The first-order chi connectivity index (χ1) is 15.9. The number of para-hydroxylation sites is 1. The number of benzene rings is 2. The summed E-state index contributed by atoms with van der Waals surface area (Å²) in [5, 5.41) is 4.59. The molecule has 1 saturated carbocycles. The lowest BCUT2D eigenvalue weighted by atomic mass is 9.87. The molecule has 1 aliphatic rings. The number of halogens is 1. The summed E-state index contributed by atoms with van der Waals surface area (Å²) in [7, 11) is -3.79. The molecule has 170 valence electrons. The third-order valence-corrected chi connectivity index (χ3v) is 8.21. The number of hydrogen-bond donors (Lipinski definition) is 1. The second kappa shape index (κ2) is 8.80. The molecule has 1 aliphatic carbocycles. The van der Waals surface area contributed by atoms with Crippen LogP contribution < -0.4 is 5.32 Å². The quantitative estimate of drug-likeness (QED) is 0.380. The molecule has 33 heavy (non-hydrogen) atoms. The van der Waals surface area contributed by atoms with E-state index in [1.807, 2.05) is 18.2 Å². The van der Waals surface area contributed by atoms with E-state index >= 15 is 0 Å². The Morgan fingerprint density at radius 1 is 1.06 bits per heavy atom. The molecule has 0 saturated heterocycles. The van der Waals surface area contributed by atoms with Gasteiger partial charge in [-0.05, 0) is 37.0 Å². The summed E-state index contributed by atoms with van der Waals surface area (Å²) >= 11 is 6.53. The number of rotatable bonds is 5. The number of nitrogens with zero attached hydrogens (tertiary/aromatic N) is 3. The van der Waals surface area contributed by atoms with Gasteiger partial charge in [-0.15, -0.1) is 0 Å². The van der Waals surface area contributed by atoms with E-state index in [0.29, 0.717) is 39.7 Å². The Kier molecular flexibility index (Phi) is 5.85. The van der Waals surface area contributed by atoms with Crippen LogP contribution in [0.2, 0.25) is 5.02 Å². The van der Waals surface area contributed by atoms with Gasteiger partial charge in [-0.3, -0.25) is 0 Å². The summed E-state index contributed by atoms with van der Waals surface area (Å²) in [6.45, 7) is 2.27. The molecule has 1 fully saturated rings. The predicted octanol–water partition coefficient (Wildman–Crippen LogP) is 5.98. The van der Waals surface area contributed by atoms with Crippen molar-refractivity contribution in [2.75, 3.05) is 5.32 Å². The van der Waals surface area contributed by atoms with Crippen LogP contribution in [0.15, 0.2) is 71.9 Å². The standard InChI is InChI=1S/C25H25ClN4O2S/c1-17-8-7-9-18(14-17)28-25-27-15-22(26)24(29-25)21-16-30(23-13-6-5-12-20(21)23)33(31,32)19-10-3-2-4-11-19/h2-6,10-13,15-18H,7-9,14H2,1H3,(H,27,28,29)/t17-,18-/m1/s1. The molecule has 2 aromatic heterocycles. The fourth-order valence-electron chi connectivity index (χ4n) is 4.62. The topological polar surface area (TPSA) is 76.9 Å². The van der Waals surface area contributed by atoms with Crippen molar-refractivity contribution in [3.63, 3.8) is 0 Å². The summed E-state index contributed by atoms with van der Waals surface area (Å²) in [5.74, 6) is 1.18. The molecule has 0 radical (unpaired) electrons. The normalized spacial score (nSPS) is 19.0. The van der Waals surface area contributed by atoms with Crippen LogP contribution in [0.3, 0.4) is 0 Å². The van der Waals surface area contributed by atoms with Crippen LogP contribution >= 0.6 is 11.6 Å². The van der Waals surface area contributed by atoms with Crippen LogP contribution in [-0.4, -0.2) is 28.4 Å². The third kappa shape index (κ3) is 4.23.